The molecule has 0 atom stereocenters. The number of carbonyl (C=O) groups excluding carboxylic acids is 1. The number of aryl methyl sites for hydroxylation is 2. The molecule has 1 aromatic heterocycles. The van der Waals surface area contributed by atoms with Gasteiger partial charge in [0.2, 0.25) is 0 Å². The summed E-state index contributed by atoms with van der Waals surface area (Å²) in [5.41, 5.74) is 2.36. The van der Waals surface area contributed by atoms with Crippen molar-refractivity contribution in [3.05, 3.63) is 59.4 Å². The summed E-state index contributed by atoms with van der Waals surface area (Å²) in [5.74, 6) is -0.461. The minimum Gasteiger partial charge on any atom is -0.464 e. The molecule has 0 saturated heterocycles. The van der Waals surface area contributed by atoms with Crippen LogP contribution in [0, 0.1) is 0 Å². The molecule has 1 aromatic carbocycles. The Morgan fingerprint density at radius 2 is 1.83 bits per heavy atom. The van der Waals surface area contributed by atoms with Crippen molar-refractivity contribution in [1.82, 2.24) is 10.2 Å². The number of nitrogens with zero attached hydrogens (tertiary/aromatic N) is 2. The summed E-state index contributed by atoms with van der Waals surface area (Å²) in [6.45, 7) is 0. The van der Waals surface area contributed by atoms with Crippen LogP contribution in [0.3, 0.4) is 0 Å². The third kappa shape index (κ3) is 3.13. The molecule has 0 unspecified atom stereocenters. The van der Waals surface area contributed by atoms with Crippen LogP contribution in [0.1, 0.15) is 21.7 Å². The van der Waals surface area contributed by atoms with Crippen molar-refractivity contribution in [3.8, 4) is 0 Å². The van der Waals surface area contributed by atoms with Crippen molar-refractivity contribution in [2.24, 2.45) is 0 Å². The van der Waals surface area contributed by atoms with Gasteiger partial charge in [-0.05, 0) is 30.5 Å². The van der Waals surface area contributed by atoms with Crippen LogP contribution in [0.4, 0.5) is 0 Å². The predicted molar refractivity (Wildman–Crippen MR) is 67.2 cm³/mol. The van der Waals surface area contributed by atoms with Crippen molar-refractivity contribution in [2.75, 3.05) is 7.11 Å². The Bertz CT molecular complexity index is 509. The Morgan fingerprint density at radius 1 is 1.06 bits per heavy atom. The molecule has 0 saturated carbocycles. The van der Waals surface area contributed by atoms with Crippen molar-refractivity contribution < 1.29 is 9.53 Å². The maximum Gasteiger partial charge on any atom is 0.358 e. The minimum absolute atomic E-state index is 0.237. The van der Waals surface area contributed by atoms with Gasteiger partial charge in [-0.2, -0.15) is 5.10 Å². The quantitative estimate of drug-likeness (QED) is 0.770. The standard InChI is InChI=1S/C14H14N2O2/c1-18-14(17)13-10-9-12(15-16-13)8-7-11-5-3-2-4-6-11/h2-6,9-10H,7-8H2,1H3. The zero-order chi connectivity index (χ0) is 12.8. The Labute approximate surface area is 106 Å². The van der Waals surface area contributed by atoms with E-state index in [1.165, 1.54) is 12.7 Å². The molecule has 0 aliphatic heterocycles. The molecular weight excluding hydrogens is 228 g/mol. The highest BCUT2D eigenvalue weighted by Gasteiger charge is 2.07. The molecule has 1 heterocycles. The lowest BCUT2D eigenvalue weighted by Gasteiger charge is -2.01. The lowest BCUT2D eigenvalue weighted by Crippen LogP contribution is -2.07. The van der Waals surface area contributed by atoms with Gasteiger partial charge in [0.15, 0.2) is 5.69 Å². The molecule has 0 spiro atoms. The maximum atomic E-state index is 11.2. The van der Waals surface area contributed by atoms with E-state index in [4.69, 9.17) is 0 Å². The Balaban J connectivity index is 1.97. The van der Waals surface area contributed by atoms with Gasteiger partial charge >= 0.3 is 5.97 Å². The second-order valence-electron chi connectivity index (χ2n) is 3.89. The number of methoxy groups -OCH3 is 1. The fourth-order valence-electron chi connectivity index (χ4n) is 1.62. The molecule has 0 amide bonds. The third-order valence-corrected chi connectivity index (χ3v) is 2.63. The zero-order valence-electron chi connectivity index (χ0n) is 10.2. The molecule has 18 heavy (non-hydrogen) atoms. The van der Waals surface area contributed by atoms with E-state index in [-0.39, 0.29) is 5.69 Å². The van der Waals surface area contributed by atoms with Crippen molar-refractivity contribution in [3.63, 3.8) is 0 Å². The number of esters is 1. The van der Waals surface area contributed by atoms with E-state index in [0.29, 0.717) is 0 Å². The monoisotopic (exact) mass is 242 g/mol. The Kier molecular flexibility index (Phi) is 4.02. The van der Waals surface area contributed by atoms with Crippen LogP contribution < -0.4 is 0 Å². The van der Waals surface area contributed by atoms with Gasteiger partial charge in [0.25, 0.3) is 0 Å². The molecule has 2 rings (SSSR count). The Hall–Kier alpha value is -2.23. The molecule has 0 fully saturated rings. The van der Waals surface area contributed by atoms with Gasteiger partial charge < -0.3 is 4.74 Å². The number of hydrogen-bond donors (Lipinski definition) is 0. The zero-order valence-corrected chi connectivity index (χ0v) is 10.2. The maximum absolute atomic E-state index is 11.2. The van der Waals surface area contributed by atoms with Crippen LogP contribution in [0.25, 0.3) is 0 Å². The molecule has 0 bridgehead atoms. The van der Waals surface area contributed by atoms with Crippen LogP contribution in [-0.2, 0) is 17.6 Å². The predicted octanol–water partition coefficient (Wildman–Crippen LogP) is 2.05. The number of carbonyl (C=O) groups is 1. The summed E-state index contributed by atoms with van der Waals surface area (Å²) >= 11 is 0. The van der Waals surface area contributed by atoms with E-state index in [1.807, 2.05) is 24.3 Å². The van der Waals surface area contributed by atoms with Gasteiger partial charge in [0, 0.05) is 0 Å². The van der Waals surface area contributed by atoms with E-state index in [1.54, 1.807) is 6.07 Å². The smallest absolute Gasteiger partial charge is 0.358 e. The molecule has 4 nitrogen and oxygen atoms in total. The first-order chi connectivity index (χ1) is 8.79. The molecule has 0 radical (unpaired) electrons. The van der Waals surface area contributed by atoms with Gasteiger partial charge in [-0.25, -0.2) is 4.79 Å². The SMILES string of the molecule is COC(=O)c1ccc(CCc2ccccc2)nn1. The molecule has 92 valence electrons. The van der Waals surface area contributed by atoms with E-state index in [9.17, 15) is 4.79 Å². The summed E-state index contributed by atoms with van der Waals surface area (Å²) in [4.78, 5) is 11.2. The van der Waals surface area contributed by atoms with Gasteiger partial charge in [-0.1, -0.05) is 30.3 Å². The van der Waals surface area contributed by atoms with Crippen LogP contribution in [-0.4, -0.2) is 23.3 Å². The van der Waals surface area contributed by atoms with Gasteiger partial charge in [-0.15, -0.1) is 5.10 Å². The molecule has 0 N–H and O–H groups in total. The van der Waals surface area contributed by atoms with Crippen LogP contribution in [0.5, 0.6) is 0 Å². The normalized spacial score (nSPS) is 10.1. The lowest BCUT2D eigenvalue weighted by molar-refractivity contribution is 0.0592. The topological polar surface area (TPSA) is 52.1 Å². The van der Waals surface area contributed by atoms with Gasteiger partial charge in [0.1, 0.15) is 0 Å². The van der Waals surface area contributed by atoms with E-state index in [2.05, 4.69) is 27.1 Å². The molecule has 4 heteroatoms. The first-order valence-electron chi connectivity index (χ1n) is 5.74. The largest absolute Gasteiger partial charge is 0.464 e. The minimum atomic E-state index is -0.461. The fourth-order valence-corrected chi connectivity index (χ4v) is 1.62. The van der Waals surface area contributed by atoms with E-state index in [0.717, 1.165) is 18.5 Å². The van der Waals surface area contributed by atoms with Crippen LogP contribution in [0.15, 0.2) is 42.5 Å². The average Bonchev–Trinajstić information content (AvgIpc) is 2.46. The summed E-state index contributed by atoms with van der Waals surface area (Å²) in [6.07, 6.45) is 1.71. The van der Waals surface area contributed by atoms with Gasteiger partial charge in [0.05, 0.1) is 12.8 Å². The first-order valence-corrected chi connectivity index (χ1v) is 5.74. The van der Waals surface area contributed by atoms with E-state index < -0.39 is 5.97 Å². The second kappa shape index (κ2) is 5.91. The highest BCUT2D eigenvalue weighted by atomic mass is 16.5. The Morgan fingerprint density at radius 3 is 2.44 bits per heavy atom. The third-order valence-electron chi connectivity index (χ3n) is 2.63. The second-order valence-corrected chi connectivity index (χ2v) is 3.89. The first kappa shape index (κ1) is 12.2. The van der Waals surface area contributed by atoms with E-state index >= 15 is 0 Å². The van der Waals surface area contributed by atoms with Crippen LogP contribution in [0.2, 0.25) is 0 Å². The molecule has 0 aliphatic carbocycles. The van der Waals surface area contributed by atoms with Crippen molar-refractivity contribution >= 4 is 5.97 Å². The highest BCUT2D eigenvalue weighted by Crippen LogP contribution is 2.05. The molecular formula is C14H14N2O2. The lowest BCUT2D eigenvalue weighted by atomic mass is 10.1. The van der Waals surface area contributed by atoms with Crippen molar-refractivity contribution in [1.29, 1.82) is 0 Å². The molecule has 0 aliphatic rings. The summed E-state index contributed by atoms with van der Waals surface area (Å²) in [7, 11) is 1.33. The molecule has 2 aromatic rings. The van der Waals surface area contributed by atoms with Gasteiger partial charge in [-0.3, -0.25) is 0 Å². The van der Waals surface area contributed by atoms with Crippen molar-refractivity contribution in [2.45, 2.75) is 12.8 Å². The summed E-state index contributed by atoms with van der Waals surface area (Å²) in [5, 5.41) is 7.85. The summed E-state index contributed by atoms with van der Waals surface area (Å²) < 4.78 is 4.56. The van der Waals surface area contributed by atoms with Crippen LogP contribution >= 0.6 is 0 Å². The average molecular weight is 242 g/mol. The number of benzene rings is 1. The fraction of sp³-hybridized carbons (Fsp3) is 0.214. The number of aromatic nitrogens is 2. The highest BCUT2D eigenvalue weighted by molar-refractivity contribution is 5.86. The number of ether oxygens (including phenoxy) is 1. The number of rotatable bonds is 4. The number of hydrogen-bond acceptors (Lipinski definition) is 4. The summed E-state index contributed by atoms with van der Waals surface area (Å²) in [6, 6.07) is 13.6.